The molecule has 4 nitrogen and oxygen atoms in total. The lowest BCUT2D eigenvalue weighted by Gasteiger charge is -2.17. The highest BCUT2D eigenvalue weighted by Gasteiger charge is 2.40. The van der Waals surface area contributed by atoms with Gasteiger partial charge in [0, 0.05) is 11.8 Å². The molecule has 0 N–H and O–H groups in total. The van der Waals surface area contributed by atoms with Crippen molar-refractivity contribution in [1.82, 2.24) is 4.98 Å². The summed E-state index contributed by atoms with van der Waals surface area (Å²) in [5, 5.41) is 0.234. The smallest absolute Gasteiger partial charge is 0.297 e. The number of amides is 1. The van der Waals surface area contributed by atoms with Gasteiger partial charge in [-0.15, -0.1) is 0 Å². The maximum atomic E-state index is 14.0. The van der Waals surface area contributed by atoms with Crippen LogP contribution in [0.3, 0.4) is 0 Å². The summed E-state index contributed by atoms with van der Waals surface area (Å²) in [7, 11) is 0. The van der Waals surface area contributed by atoms with Gasteiger partial charge < -0.3 is 0 Å². The van der Waals surface area contributed by atoms with Crippen LogP contribution in [-0.4, -0.2) is 16.7 Å². The van der Waals surface area contributed by atoms with Crippen molar-refractivity contribution in [3.8, 4) is 0 Å². The van der Waals surface area contributed by atoms with Gasteiger partial charge >= 0.3 is 0 Å². The number of anilines is 1. The first kappa shape index (κ1) is 14.0. The van der Waals surface area contributed by atoms with Crippen LogP contribution in [0.2, 0.25) is 10.2 Å². The summed E-state index contributed by atoms with van der Waals surface area (Å²) in [5.74, 6) is -2.35. The van der Waals surface area contributed by atoms with E-state index >= 15 is 0 Å². The second kappa shape index (κ2) is 5.09. The number of Topliss-reactive ketones (excluding diaryl/α,β-unsaturated/α-hetero) is 1. The van der Waals surface area contributed by atoms with E-state index in [1.165, 1.54) is 12.3 Å². The third kappa shape index (κ3) is 2.18. The van der Waals surface area contributed by atoms with Crippen molar-refractivity contribution in [2.45, 2.75) is 6.54 Å². The minimum absolute atomic E-state index is 0.0459. The number of aromatic nitrogens is 1. The number of nitrogens with zero attached hydrogens (tertiary/aromatic N) is 2. The summed E-state index contributed by atoms with van der Waals surface area (Å²) >= 11 is 11.8. The molecule has 0 saturated heterocycles. The Kier molecular flexibility index (Phi) is 3.39. The minimum atomic E-state index is -0.836. The summed E-state index contributed by atoms with van der Waals surface area (Å²) in [6.45, 7) is -0.0541. The molecule has 0 bridgehead atoms. The summed E-state index contributed by atoms with van der Waals surface area (Å²) in [6, 6.07) is 5.65. The molecule has 0 saturated carbocycles. The van der Waals surface area contributed by atoms with Crippen molar-refractivity contribution in [1.29, 1.82) is 0 Å². The summed E-state index contributed by atoms with van der Waals surface area (Å²) in [6.07, 6.45) is 1.49. The molecule has 2 aromatic rings. The largest absolute Gasteiger partial charge is 0.299 e. The highest BCUT2D eigenvalue weighted by molar-refractivity contribution is 6.55. The lowest BCUT2D eigenvalue weighted by Crippen LogP contribution is -2.29. The van der Waals surface area contributed by atoms with E-state index in [1.54, 1.807) is 12.1 Å². The van der Waals surface area contributed by atoms with Gasteiger partial charge in [-0.25, -0.2) is 9.37 Å². The van der Waals surface area contributed by atoms with Gasteiger partial charge in [0.25, 0.3) is 11.7 Å². The van der Waals surface area contributed by atoms with Gasteiger partial charge in [0.1, 0.15) is 11.0 Å². The Morgan fingerprint density at radius 3 is 2.67 bits per heavy atom. The quantitative estimate of drug-likeness (QED) is 0.629. The Labute approximate surface area is 129 Å². The molecule has 1 aromatic heterocycles. The standard InChI is InChI=1S/C14H7Cl2FN2O2/c15-8-3-4-9(17)11-10(8)12(20)14(21)19(11)6-7-2-1-5-18-13(7)16/h1-5H,6H2. The maximum absolute atomic E-state index is 14.0. The van der Waals surface area contributed by atoms with Crippen molar-refractivity contribution >= 4 is 40.6 Å². The normalized spacial score (nSPS) is 13.8. The molecule has 0 aliphatic carbocycles. The van der Waals surface area contributed by atoms with Crippen molar-refractivity contribution < 1.29 is 14.0 Å². The van der Waals surface area contributed by atoms with E-state index in [1.807, 2.05) is 0 Å². The molecule has 1 aromatic carbocycles. The highest BCUT2D eigenvalue weighted by atomic mass is 35.5. The van der Waals surface area contributed by atoms with E-state index in [2.05, 4.69) is 4.98 Å². The van der Waals surface area contributed by atoms with Crippen molar-refractivity contribution in [2.24, 2.45) is 0 Å². The average molecular weight is 325 g/mol. The fraction of sp³-hybridized carbons (Fsp3) is 0.0714. The molecule has 106 valence electrons. The Bertz CT molecular complexity index is 780. The van der Waals surface area contributed by atoms with Crippen LogP contribution in [0.4, 0.5) is 10.1 Å². The third-order valence-electron chi connectivity index (χ3n) is 3.18. The summed E-state index contributed by atoms with van der Waals surface area (Å²) < 4.78 is 14.0. The Balaban J connectivity index is 2.10. The van der Waals surface area contributed by atoms with E-state index in [4.69, 9.17) is 23.2 Å². The van der Waals surface area contributed by atoms with E-state index < -0.39 is 17.5 Å². The number of hydrogen-bond acceptors (Lipinski definition) is 3. The van der Waals surface area contributed by atoms with E-state index in [9.17, 15) is 14.0 Å². The number of carbonyl (C=O) groups excluding carboxylic acids is 2. The van der Waals surface area contributed by atoms with Gasteiger partial charge in [0.05, 0.1) is 22.8 Å². The molecule has 0 spiro atoms. The first-order chi connectivity index (χ1) is 10.0. The molecule has 7 heteroatoms. The zero-order valence-corrected chi connectivity index (χ0v) is 12.0. The molecular weight excluding hydrogens is 318 g/mol. The number of halogens is 3. The number of fused-ring (bicyclic) bond motifs is 1. The second-order valence-corrected chi connectivity index (χ2v) is 5.19. The average Bonchev–Trinajstić information content (AvgIpc) is 2.71. The fourth-order valence-electron chi connectivity index (χ4n) is 2.21. The number of carbonyl (C=O) groups is 2. The molecule has 0 radical (unpaired) electrons. The molecule has 1 aliphatic heterocycles. The van der Waals surface area contributed by atoms with Crippen molar-refractivity contribution in [2.75, 3.05) is 4.90 Å². The molecule has 1 aliphatic rings. The Morgan fingerprint density at radius 2 is 1.95 bits per heavy atom. The Hall–Kier alpha value is -1.98. The number of hydrogen-bond donors (Lipinski definition) is 0. The van der Waals surface area contributed by atoms with E-state index in [0.717, 1.165) is 11.0 Å². The van der Waals surface area contributed by atoms with Gasteiger partial charge in [-0.3, -0.25) is 14.5 Å². The van der Waals surface area contributed by atoms with Crippen LogP contribution in [0.1, 0.15) is 15.9 Å². The summed E-state index contributed by atoms with van der Waals surface area (Å²) in [4.78, 5) is 28.9. The van der Waals surface area contributed by atoms with Gasteiger partial charge in [-0.2, -0.15) is 0 Å². The van der Waals surface area contributed by atoms with Crippen molar-refractivity contribution in [3.05, 3.63) is 57.6 Å². The van der Waals surface area contributed by atoms with Crippen LogP contribution >= 0.6 is 23.2 Å². The minimum Gasteiger partial charge on any atom is -0.297 e. The van der Waals surface area contributed by atoms with E-state index in [0.29, 0.717) is 5.56 Å². The predicted octanol–water partition coefficient (Wildman–Crippen LogP) is 3.26. The molecule has 21 heavy (non-hydrogen) atoms. The molecular formula is C14H7Cl2FN2O2. The predicted molar refractivity (Wildman–Crippen MR) is 76.2 cm³/mol. The van der Waals surface area contributed by atoms with Gasteiger partial charge in [0.2, 0.25) is 0 Å². The summed E-state index contributed by atoms with van der Waals surface area (Å²) in [5.41, 5.74) is 0.284. The highest BCUT2D eigenvalue weighted by Crippen LogP contribution is 2.37. The fourth-order valence-corrected chi connectivity index (χ4v) is 2.63. The SMILES string of the molecule is O=C1C(=O)N(Cc2cccnc2Cl)c2c(F)ccc(Cl)c21. The number of ketones is 1. The first-order valence-corrected chi connectivity index (χ1v) is 6.70. The number of pyridine rings is 1. The molecule has 2 heterocycles. The number of benzene rings is 1. The molecule has 0 atom stereocenters. The lowest BCUT2D eigenvalue weighted by atomic mass is 10.1. The van der Waals surface area contributed by atoms with Crippen LogP contribution in [0, 0.1) is 5.82 Å². The van der Waals surface area contributed by atoms with Crippen LogP contribution < -0.4 is 4.90 Å². The van der Waals surface area contributed by atoms with E-state index in [-0.39, 0.29) is 28.0 Å². The van der Waals surface area contributed by atoms with Gasteiger partial charge in [-0.05, 0) is 18.2 Å². The first-order valence-electron chi connectivity index (χ1n) is 5.94. The Morgan fingerprint density at radius 1 is 1.19 bits per heavy atom. The number of rotatable bonds is 2. The topological polar surface area (TPSA) is 50.3 Å². The zero-order chi connectivity index (χ0) is 15.1. The molecule has 0 unspecified atom stereocenters. The zero-order valence-electron chi connectivity index (χ0n) is 10.4. The molecule has 3 rings (SSSR count). The molecule has 0 fully saturated rings. The maximum Gasteiger partial charge on any atom is 0.299 e. The van der Waals surface area contributed by atoms with Crippen LogP contribution in [0.25, 0.3) is 0 Å². The lowest BCUT2D eigenvalue weighted by molar-refractivity contribution is -0.114. The monoisotopic (exact) mass is 324 g/mol. The van der Waals surface area contributed by atoms with Gasteiger partial charge in [0.15, 0.2) is 0 Å². The van der Waals surface area contributed by atoms with Gasteiger partial charge in [-0.1, -0.05) is 29.3 Å². The molecule has 1 amide bonds. The second-order valence-electron chi connectivity index (χ2n) is 4.43. The van der Waals surface area contributed by atoms with Crippen LogP contribution in [-0.2, 0) is 11.3 Å². The third-order valence-corrected chi connectivity index (χ3v) is 3.83. The van der Waals surface area contributed by atoms with Crippen molar-refractivity contribution in [3.63, 3.8) is 0 Å². The van der Waals surface area contributed by atoms with Crippen LogP contribution in [0.5, 0.6) is 0 Å². The van der Waals surface area contributed by atoms with Crippen LogP contribution in [0.15, 0.2) is 30.5 Å².